The van der Waals surface area contributed by atoms with E-state index in [0.717, 1.165) is 25.1 Å². The van der Waals surface area contributed by atoms with Crippen molar-refractivity contribution in [3.8, 4) is 0 Å². The molecular formula is C26H33N3O2. The molecule has 0 bridgehead atoms. The third kappa shape index (κ3) is 5.46. The fourth-order valence-corrected chi connectivity index (χ4v) is 4.69. The average Bonchev–Trinajstić information content (AvgIpc) is 3.19. The van der Waals surface area contributed by atoms with E-state index in [1.807, 2.05) is 30.1 Å². The molecule has 2 aliphatic rings. The molecule has 0 radical (unpaired) electrons. The highest BCUT2D eigenvalue weighted by Gasteiger charge is 2.35. The van der Waals surface area contributed by atoms with Crippen molar-refractivity contribution < 1.29 is 9.59 Å². The first-order valence-electron chi connectivity index (χ1n) is 11.5. The van der Waals surface area contributed by atoms with E-state index in [9.17, 15) is 9.59 Å². The standard InChI is InChI=1S/C26H33N3O2/c1-27(19-22-10-12-24(13-11-22)28-15-6-3-7-16-28)26(31)23-18-25(30)29(20-23)17-14-21-8-4-2-5-9-21/h2,4-5,8-13,23H,3,6-7,14-20H2,1H3. The van der Waals surface area contributed by atoms with Crippen LogP contribution in [0.1, 0.15) is 36.8 Å². The van der Waals surface area contributed by atoms with Gasteiger partial charge in [0.25, 0.3) is 0 Å². The topological polar surface area (TPSA) is 43.9 Å². The number of carbonyl (C=O) groups is 2. The van der Waals surface area contributed by atoms with Gasteiger partial charge in [-0.3, -0.25) is 9.59 Å². The summed E-state index contributed by atoms with van der Waals surface area (Å²) in [7, 11) is 1.85. The molecule has 1 unspecified atom stereocenters. The largest absolute Gasteiger partial charge is 0.372 e. The Morgan fingerprint density at radius 2 is 1.68 bits per heavy atom. The highest BCUT2D eigenvalue weighted by Crippen LogP contribution is 2.23. The molecule has 2 amide bonds. The van der Waals surface area contributed by atoms with Gasteiger partial charge in [0.05, 0.1) is 5.92 Å². The van der Waals surface area contributed by atoms with Crippen LogP contribution < -0.4 is 4.90 Å². The highest BCUT2D eigenvalue weighted by atomic mass is 16.2. The number of piperidine rings is 1. The summed E-state index contributed by atoms with van der Waals surface area (Å²) in [6, 6.07) is 18.8. The number of hydrogen-bond donors (Lipinski definition) is 0. The van der Waals surface area contributed by atoms with Gasteiger partial charge in [-0.2, -0.15) is 0 Å². The Kier molecular flexibility index (Phi) is 6.90. The van der Waals surface area contributed by atoms with Gasteiger partial charge < -0.3 is 14.7 Å². The summed E-state index contributed by atoms with van der Waals surface area (Å²) in [6.45, 7) is 4.05. The second-order valence-electron chi connectivity index (χ2n) is 8.88. The van der Waals surface area contributed by atoms with Gasteiger partial charge in [0.2, 0.25) is 11.8 Å². The number of nitrogens with zero attached hydrogens (tertiary/aromatic N) is 3. The monoisotopic (exact) mass is 419 g/mol. The van der Waals surface area contributed by atoms with Crippen molar-refractivity contribution >= 4 is 17.5 Å². The van der Waals surface area contributed by atoms with Crippen LogP contribution >= 0.6 is 0 Å². The van der Waals surface area contributed by atoms with E-state index in [-0.39, 0.29) is 17.7 Å². The van der Waals surface area contributed by atoms with E-state index < -0.39 is 0 Å². The normalized spacial score (nSPS) is 19.0. The lowest BCUT2D eigenvalue weighted by atomic mass is 10.1. The molecule has 0 N–H and O–H groups in total. The van der Waals surface area contributed by atoms with Crippen LogP contribution in [0.3, 0.4) is 0 Å². The predicted molar refractivity (Wildman–Crippen MR) is 124 cm³/mol. The van der Waals surface area contributed by atoms with Gasteiger partial charge in [0.15, 0.2) is 0 Å². The third-order valence-corrected chi connectivity index (χ3v) is 6.53. The molecule has 5 heteroatoms. The van der Waals surface area contributed by atoms with Crippen LogP contribution in [-0.2, 0) is 22.6 Å². The minimum absolute atomic E-state index is 0.0654. The van der Waals surface area contributed by atoms with Crippen LogP contribution in [0.4, 0.5) is 5.69 Å². The fraction of sp³-hybridized carbons (Fsp3) is 0.462. The van der Waals surface area contributed by atoms with Gasteiger partial charge in [-0.15, -0.1) is 0 Å². The van der Waals surface area contributed by atoms with E-state index in [4.69, 9.17) is 0 Å². The summed E-state index contributed by atoms with van der Waals surface area (Å²) in [4.78, 5) is 31.5. The van der Waals surface area contributed by atoms with Gasteiger partial charge in [-0.05, 0) is 48.9 Å². The Morgan fingerprint density at radius 3 is 2.39 bits per heavy atom. The molecule has 1 atom stereocenters. The first kappa shape index (κ1) is 21.4. The summed E-state index contributed by atoms with van der Waals surface area (Å²) in [5, 5.41) is 0. The Balaban J connectivity index is 1.28. The average molecular weight is 420 g/mol. The number of anilines is 1. The molecule has 0 aliphatic carbocycles. The van der Waals surface area contributed by atoms with Crippen LogP contribution in [0.5, 0.6) is 0 Å². The molecule has 2 fully saturated rings. The van der Waals surface area contributed by atoms with Gasteiger partial charge in [-0.1, -0.05) is 42.5 Å². The smallest absolute Gasteiger partial charge is 0.228 e. The maximum atomic E-state index is 13.0. The number of hydrogen-bond acceptors (Lipinski definition) is 3. The SMILES string of the molecule is CN(Cc1ccc(N2CCCCC2)cc1)C(=O)C1CC(=O)N(CCc2ccccc2)C1. The molecule has 5 nitrogen and oxygen atoms in total. The summed E-state index contributed by atoms with van der Waals surface area (Å²) >= 11 is 0. The molecule has 2 aromatic rings. The lowest BCUT2D eigenvalue weighted by Gasteiger charge is -2.29. The van der Waals surface area contributed by atoms with Crippen LogP contribution in [0.25, 0.3) is 0 Å². The van der Waals surface area contributed by atoms with E-state index in [1.54, 1.807) is 4.90 Å². The Labute approximate surface area is 185 Å². The van der Waals surface area contributed by atoms with E-state index in [0.29, 0.717) is 26.1 Å². The molecule has 2 aliphatic heterocycles. The maximum absolute atomic E-state index is 13.0. The molecule has 2 heterocycles. The minimum atomic E-state index is -0.235. The zero-order chi connectivity index (χ0) is 21.6. The molecule has 0 aromatic heterocycles. The highest BCUT2D eigenvalue weighted by molar-refractivity contribution is 5.89. The van der Waals surface area contributed by atoms with Crippen molar-refractivity contribution in [3.05, 3.63) is 65.7 Å². The maximum Gasteiger partial charge on any atom is 0.228 e. The van der Waals surface area contributed by atoms with Crippen molar-refractivity contribution in [1.29, 1.82) is 0 Å². The summed E-state index contributed by atoms with van der Waals surface area (Å²) in [6.07, 6.45) is 5.01. The third-order valence-electron chi connectivity index (χ3n) is 6.53. The van der Waals surface area contributed by atoms with Crippen molar-refractivity contribution in [2.45, 2.75) is 38.6 Å². The second kappa shape index (κ2) is 9.99. The van der Waals surface area contributed by atoms with Gasteiger partial charge >= 0.3 is 0 Å². The number of benzene rings is 2. The molecule has 4 rings (SSSR count). The van der Waals surface area contributed by atoms with Gasteiger partial charge in [0.1, 0.15) is 0 Å². The summed E-state index contributed by atoms with van der Waals surface area (Å²) < 4.78 is 0. The fourth-order valence-electron chi connectivity index (χ4n) is 4.69. The van der Waals surface area contributed by atoms with Gasteiger partial charge in [-0.25, -0.2) is 0 Å². The summed E-state index contributed by atoms with van der Waals surface area (Å²) in [5.74, 6) is -0.0786. The summed E-state index contributed by atoms with van der Waals surface area (Å²) in [5.41, 5.74) is 3.62. The molecule has 2 saturated heterocycles. The minimum Gasteiger partial charge on any atom is -0.372 e. The van der Waals surface area contributed by atoms with Crippen LogP contribution in [0.2, 0.25) is 0 Å². The van der Waals surface area contributed by atoms with E-state index >= 15 is 0 Å². The van der Waals surface area contributed by atoms with Crippen LogP contribution in [0, 0.1) is 5.92 Å². The zero-order valence-electron chi connectivity index (χ0n) is 18.5. The number of rotatable bonds is 7. The molecule has 0 saturated carbocycles. The predicted octanol–water partition coefficient (Wildman–Crippen LogP) is 3.73. The Hall–Kier alpha value is -2.82. The van der Waals surface area contributed by atoms with Crippen LogP contribution in [0.15, 0.2) is 54.6 Å². The van der Waals surface area contributed by atoms with Crippen molar-refractivity contribution in [1.82, 2.24) is 9.80 Å². The Bertz CT molecular complexity index is 875. The van der Waals surface area contributed by atoms with E-state index in [1.165, 1.54) is 30.5 Å². The number of carbonyl (C=O) groups excluding carboxylic acids is 2. The lowest BCUT2D eigenvalue weighted by Crippen LogP contribution is -2.34. The second-order valence-corrected chi connectivity index (χ2v) is 8.88. The van der Waals surface area contributed by atoms with Gasteiger partial charge in [0, 0.05) is 51.9 Å². The molecule has 0 spiro atoms. The Morgan fingerprint density at radius 1 is 0.968 bits per heavy atom. The van der Waals surface area contributed by atoms with Crippen molar-refractivity contribution in [3.63, 3.8) is 0 Å². The molecule has 31 heavy (non-hydrogen) atoms. The molecule has 164 valence electrons. The molecular weight excluding hydrogens is 386 g/mol. The van der Waals surface area contributed by atoms with E-state index in [2.05, 4.69) is 41.3 Å². The lowest BCUT2D eigenvalue weighted by molar-refractivity contribution is -0.135. The first-order chi connectivity index (χ1) is 15.1. The van der Waals surface area contributed by atoms with Crippen molar-refractivity contribution in [2.24, 2.45) is 5.92 Å². The number of likely N-dealkylation sites (tertiary alicyclic amines) is 1. The first-order valence-corrected chi connectivity index (χ1v) is 11.5. The molecule has 2 aromatic carbocycles. The van der Waals surface area contributed by atoms with Crippen molar-refractivity contribution in [2.75, 3.05) is 38.1 Å². The number of amides is 2. The van der Waals surface area contributed by atoms with Crippen LogP contribution in [-0.4, -0.2) is 54.8 Å². The zero-order valence-corrected chi connectivity index (χ0v) is 18.5. The quantitative estimate of drug-likeness (QED) is 0.687.